The standard InChI is InChI=1S/C9H11BN4O3/c11-14-13-6-9(15)12-5-7-1-3-8(4-2-7)10(16)17/h1-4,16-17H,5-6H2,(H,12,15). The van der Waals surface area contributed by atoms with Gasteiger partial charge in [0.05, 0.1) is 0 Å². The van der Waals surface area contributed by atoms with E-state index in [9.17, 15) is 4.79 Å². The second-order valence-electron chi connectivity index (χ2n) is 3.28. The van der Waals surface area contributed by atoms with Crippen LogP contribution < -0.4 is 10.8 Å². The molecule has 0 aromatic heterocycles. The molecule has 0 aliphatic carbocycles. The van der Waals surface area contributed by atoms with Gasteiger partial charge in [0, 0.05) is 11.5 Å². The smallest absolute Gasteiger partial charge is 0.423 e. The van der Waals surface area contributed by atoms with Gasteiger partial charge in [-0.05, 0) is 16.6 Å². The van der Waals surface area contributed by atoms with E-state index < -0.39 is 7.12 Å². The minimum Gasteiger partial charge on any atom is -0.423 e. The van der Waals surface area contributed by atoms with Gasteiger partial charge in [-0.2, -0.15) is 0 Å². The predicted octanol–water partition coefficient (Wildman–Crippen LogP) is -0.707. The van der Waals surface area contributed by atoms with Gasteiger partial charge in [0.1, 0.15) is 6.54 Å². The molecule has 1 aromatic carbocycles. The van der Waals surface area contributed by atoms with Crippen LogP contribution in [0.5, 0.6) is 0 Å². The minimum absolute atomic E-state index is 0.232. The SMILES string of the molecule is [N-]=[N+]=NCC(=O)NCc1ccc(B(O)O)cc1. The monoisotopic (exact) mass is 234 g/mol. The van der Waals surface area contributed by atoms with Crippen LogP contribution in [0.25, 0.3) is 10.4 Å². The maximum atomic E-state index is 11.1. The molecule has 3 N–H and O–H groups in total. The number of nitrogens with zero attached hydrogens (tertiary/aromatic N) is 3. The van der Waals surface area contributed by atoms with Crippen molar-refractivity contribution in [1.29, 1.82) is 0 Å². The normalized spacial score (nSPS) is 9.29. The predicted molar refractivity (Wildman–Crippen MR) is 62.1 cm³/mol. The zero-order chi connectivity index (χ0) is 12.7. The molecule has 1 rings (SSSR count). The van der Waals surface area contributed by atoms with Gasteiger partial charge in [0.2, 0.25) is 5.91 Å². The Morgan fingerprint density at radius 1 is 1.41 bits per heavy atom. The van der Waals surface area contributed by atoms with Crippen LogP contribution in [0.3, 0.4) is 0 Å². The summed E-state index contributed by atoms with van der Waals surface area (Å²) in [7, 11) is -1.50. The third-order valence-corrected chi connectivity index (χ3v) is 2.05. The molecular formula is C9H11BN4O3. The van der Waals surface area contributed by atoms with Crippen molar-refractivity contribution in [2.75, 3.05) is 6.54 Å². The molecule has 0 bridgehead atoms. The number of hydrogen-bond acceptors (Lipinski definition) is 4. The van der Waals surface area contributed by atoms with Gasteiger partial charge in [-0.1, -0.05) is 29.4 Å². The Balaban J connectivity index is 2.47. The molecule has 0 radical (unpaired) electrons. The first-order chi connectivity index (χ1) is 8.13. The van der Waals surface area contributed by atoms with Crippen LogP contribution in [-0.2, 0) is 11.3 Å². The van der Waals surface area contributed by atoms with Crippen molar-refractivity contribution in [3.63, 3.8) is 0 Å². The molecule has 88 valence electrons. The van der Waals surface area contributed by atoms with Gasteiger partial charge >= 0.3 is 7.12 Å². The highest BCUT2D eigenvalue weighted by atomic mass is 16.4. The van der Waals surface area contributed by atoms with Gasteiger partial charge in [0.25, 0.3) is 0 Å². The van der Waals surface area contributed by atoms with Gasteiger partial charge in [-0.3, -0.25) is 4.79 Å². The van der Waals surface area contributed by atoms with Crippen LogP contribution >= 0.6 is 0 Å². The fourth-order valence-corrected chi connectivity index (χ4v) is 1.16. The molecular weight excluding hydrogens is 223 g/mol. The van der Waals surface area contributed by atoms with E-state index in [1.54, 1.807) is 24.3 Å². The number of carbonyl (C=O) groups is 1. The van der Waals surface area contributed by atoms with E-state index in [1.165, 1.54) is 0 Å². The fraction of sp³-hybridized carbons (Fsp3) is 0.222. The topological polar surface area (TPSA) is 118 Å². The Bertz CT molecular complexity index is 428. The van der Waals surface area contributed by atoms with Crippen LogP contribution in [0.15, 0.2) is 29.4 Å². The summed E-state index contributed by atoms with van der Waals surface area (Å²) in [6.45, 7) is 0.0610. The van der Waals surface area contributed by atoms with E-state index in [1.807, 2.05) is 0 Å². The highest BCUT2D eigenvalue weighted by Crippen LogP contribution is 1.96. The maximum absolute atomic E-state index is 11.1. The summed E-state index contributed by atoms with van der Waals surface area (Å²) < 4.78 is 0. The first-order valence-corrected chi connectivity index (χ1v) is 4.86. The largest absolute Gasteiger partial charge is 0.488 e. The summed E-state index contributed by atoms with van der Waals surface area (Å²) in [4.78, 5) is 13.6. The van der Waals surface area contributed by atoms with Crippen molar-refractivity contribution in [2.45, 2.75) is 6.54 Å². The second kappa shape index (κ2) is 6.54. The number of nitrogens with one attached hydrogen (secondary N) is 1. The molecule has 0 spiro atoms. The van der Waals surface area contributed by atoms with Crippen molar-refractivity contribution < 1.29 is 14.8 Å². The number of azide groups is 1. The molecule has 7 nitrogen and oxygen atoms in total. The third kappa shape index (κ3) is 4.56. The van der Waals surface area contributed by atoms with Crippen LogP contribution in [0.4, 0.5) is 0 Å². The van der Waals surface area contributed by atoms with E-state index in [4.69, 9.17) is 15.6 Å². The van der Waals surface area contributed by atoms with Crippen molar-refractivity contribution >= 4 is 18.5 Å². The lowest BCUT2D eigenvalue weighted by Gasteiger charge is -2.04. The Morgan fingerprint density at radius 2 is 2.06 bits per heavy atom. The molecule has 8 heteroatoms. The molecule has 17 heavy (non-hydrogen) atoms. The molecule has 1 aromatic rings. The van der Waals surface area contributed by atoms with E-state index >= 15 is 0 Å². The number of benzene rings is 1. The van der Waals surface area contributed by atoms with Crippen LogP contribution in [0.1, 0.15) is 5.56 Å². The van der Waals surface area contributed by atoms with E-state index in [-0.39, 0.29) is 12.5 Å². The number of rotatable bonds is 5. The average Bonchev–Trinajstić information content (AvgIpc) is 2.34. The summed E-state index contributed by atoms with van der Waals surface area (Å²) >= 11 is 0. The summed E-state index contributed by atoms with van der Waals surface area (Å²) in [5.41, 5.74) is 9.21. The summed E-state index contributed by atoms with van der Waals surface area (Å²) in [6, 6.07) is 6.45. The lowest BCUT2D eigenvalue weighted by Crippen LogP contribution is -2.30. The van der Waals surface area contributed by atoms with E-state index in [2.05, 4.69) is 15.3 Å². The molecule has 0 unspecified atom stereocenters. The van der Waals surface area contributed by atoms with Gasteiger partial charge in [-0.15, -0.1) is 0 Å². The first kappa shape index (κ1) is 13.1. The van der Waals surface area contributed by atoms with Gasteiger partial charge in [-0.25, -0.2) is 0 Å². The summed E-state index contributed by atoms with van der Waals surface area (Å²) in [6.07, 6.45) is 0. The van der Waals surface area contributed by atoms with Gasteiger partial charge < -0.3 is 15.4 Å². The van der Waals surface area contributed by atoms with Crippen LogP contribution in [0.2, 0.25) is 0 Å². The van der Waals surface area contributed by atoms with Crippen LogP contribution in [-0.4, -0.2) is 29.6 Å². The minimum atomic E-state index is -1.50. The average molecular weight is 234 g/mol. The van der Waals surface area contributed by atoms with Crippen molar-refractivity contribution in [1.82, 2.24) is 5.32 Å². The Hall–Kier alpha value is -2.02. The molecule has 0 atom stereocenters. The molecule has 0 aliphatic rings. The number of carbonyl (C=O) groups excluding carboxylic acids is 1. The van der Waals surface area contributed by atoms with Crippen LogP contribution in [0, 0.1) is 0 Å². The van der Waals surface area contributed by atoms with Crippen molar-refractivity contribution in [3.8, 4) is 0 Å². The third-order valence-electron chi connectivity index (χ3n) is 2.05. The number of hydrogen-bond donors (Lipinski definition) is 3. The molecule has 0 fully saturated rings. The maximum Gasteiger partial charge on any atom is 0.488 e. The Morgan fingerprint density at radius 3 is 2.59 bits per heavy atom. The van der Waals surface area contributed by atoms with E-state index in [0.717, 1.165) is 5.56 Å². The lowest BCUT2D eigenvalue weighted by atomic mass is 9.80. The second-order valence-corrected chi connectivity index (χ2v) is 3.28. The van der Waals surface area contributed by atoms with Crippen molar-refractivity contribution in [2.24, 2.45) is 5.11 Å². The number of amides is 1. The highest BCUT2D eigenvalue weighted by Gasteiger charge is 2.09. The molecule has 0 saturated carbocycles. The van der Waals surface area contributed by atoms with Crippen molar-refractivity contribution in [3.05, 3.63) is 40.3 Å². The molecule has 0 heterocycles. The Kier molecular flexibility index (Phi) is 5.02. The first-order valence-electron chi connectivity index (χ1n) is 4.86. The Labute approximate surface area is 97.9 Å². The zero-order valence-corrected chi connectivity index (χ0v) is 8.95. The highest BCUT2D eigenvalue weighted by molar-refractivity contribution is 6.58. The van der Waals surface area contributed by atoms with Gasteiger partial charge in [0.15, 0.2) is 0 Å². The lowest BCUT2D eigenvalue weighted by molar-refractivity contribution is -0.119. The summed E-state index contributed by atoms with van der Waals surface area (Å²) in [5.74, 6) is -0.367. The fourth-order valence-electron chi connectivity index (χ4n) is 1.16. The quantitative estimate of drug-likeness (QED) is 0.270. The van der Waals surface area contributed by atoms with E-state index in [0.29, 0.717) is 12.0 Å². The molecule has 0 saturated heterocycles. The molecule has 0 aliphatic heterocycles. The summed E-state index contributed by atoms with van der Waals surface area (Å²) in [5, 5.41) is 23.4. The molecule has 1 amide bonds. The zero-order valence-electron chi connectivity index (χ0n) is 8.95.